The van der Waals surface area contributed by atoms with Crippen molar-refractivity contribution in [2.45, 2.75) is 82.3 Å². The van der Waals surface area contributed by atoms with Crippen LogP contribution in [0.2, 0.25) is 0 Å². The van der Waals surface area contributed by atoms with Crippen LogP contribution in [-0.2, 0) is 4.74 Å². The summed E-state index contributed by atoms with van der Waals surface area (Å²) in [5, 5.41) is 0.624. The van der Waals surface area contributed by atoms with E-state index in [1.165, 1.54) is 18.3 Å². The lowest BCUT2D eigenvalue weighted by atomic mass is 9.95. The molecule has 4 saturated heterocycles. The van der Waals surface area contributed by atoms with Crippen LogP contribution in [0.15, 0.2) is 36.5 Å². The van der Waals surface area contributed by atoms with Gasteiger partial charge in [0.25, 0.3) is 0 Å². The summed E-state index contributed by atoms with van der Waals surface area (Å²) in [6.45, 7) is 7.61. The van der Waals surface area contributed by atoms with Crippen LogP contribution in [0.25, 0.3) is 32.9 Å². The Hall–Kier alpha value is -4.26. The summed E-state index contributed by atoms with van der Waals surface area (Å²) in [6.07, 6.45) is 3.72. The number of aromatic nitrogens is 3. The van der Waals surface area contributed by atoms with Gasteiger partial charge >= 0.3 is 12.1 Å². The van der Waals surface area contributed by atoms with Crippen molar-refractivity contribution in [2.75, 3.05) is 37.7 Å². The van der Waals surface area contributed by atoms with Gasteiger partial charge in [-0.1, -0.05) is 24.3 Å². The van der Waals surface area contributed by atoms with E-state index < -0.39 is 34.8 Å². The van der Waals surface area contributed by atoms with Gasteiger partial charge in [-0.25, -0.2) is 22.4 Å². The van der Waals surface area contributed by atoms with Gasteiger partial charge in [0.15, 0.2) is 17.5 Å². The Balaban J connectivity index is 1.21. The van der Waals surface area contributed by atoms with Crippen LogP contribution < -0.4 is 9.64 Å². The summed E-state index contributed by atoms with van der Waals surface area (Å²) in [7, 11) is 0. The Kier molecular flexibility index (Phi) is 7.62. The van der Waals surface area contributed by atoms with E-state index in [4.69, 9.17) is 14.5 Å². The van der Waals surface area contributed by atoms with E-state index in [9.17, 15) is 13.6 Å². The number of alkyl halides is 1. The van der Waals surface area contributed by atoms with Crippen molar-refractivity contribution < 1.29 is 31.8 Å². The molecular weight excluding hydrogens is 640 g/mol. The predicted molar refractivity (Wildman–Crippen MR) is 176 cm³/mol. The van der Waals surface area contributed by atoms with E-state index >= 15 is 8.78 Å². The van der Waals surface area contributed by atoms with Gasteiger partial charge in [0.1, 0.15) is 35.4 Å². The van der Waals surface area contributed by atoms with E-state index in [-0.39, 0.29) is 53.0 Å². The first-order chi connectivity index (χ1) is 23.4. The summed E-state index contributed by atoms with van der Waals surface area (Å²) in [4.78, 5) is 32.8. The highest BCUT2D eigenvalue weighted by atomic mass is 19.2. The number of halogens is 4. The number of ether oxygens (including phenoxy) is 2. The molecule has 4 aromatic rings. The molecule has 4 fully saturated rings. The zero-order valence-electron chi connectivity index (χ0n) is 27.7. The number of fused-ring (bicyclic) bond motifs is 5. The first-order valence-electron chi connectivity index (χ1n) is 16.9. The molecule has 9 nitrogen and oxygen atoms in total. The number of carbonyl (C=O) groups is 1. The number of carbonyl (C=O) groups excluding carboxylic acids is 1. The number of hydrogen-bond acceptors (Lipinski definition) is 8. The summed E-state index contributed by atoms with van der Waals surface area (Å²) in [6, 6.07) is 6.84. The SMILES string of the molecule is CC(C)(C)OC(=O)N1[C@@H]2CC[C@H]1CN(c1nc(OC[C@@]34CCCN3C[C@H](F)C4)nc3c(F)c(-c4cccc5ccc(F)c(F)c45)ncc13)C2. The maximum atomic E-state index is 16.8. The highest BCUT2D eigenvalue weighted by Gasteiger charge is 2.50. The van der Waals surface area contributed by atoms with E-state index in [1.54, 1.807) is 17.0 Å². The molecule has 2 aromatic heterocycles. The molecule has 0 radical (unpaired) electrons. The third-order valence-electron chi connectivity index (χ3n) is 10.5. The highest BCUT2D eigenvalue weighted by Crippen LogP contribution is 2.42. The van der Waals surface area contributed by atoms with Gasteiger partial charge in [-0.15, -0.1) is 0 Å². The molecular formula is C36H38F4N6O3. The summed E-state index contributed by atoms with van der Waals surface area (Å²) in [5.41, 5.74) is -1.32. The summed E-state index contributed by atoms with van der Waals surface area (Å²) >= 11 is 0. The number of rotatable bonds is 5. The maximum absolute atomic E-state index is 16.8. The van der Waals surface area contributed by atoms with Crippen molar-refractivity contribution in [1.82, 2.24) is 24.8 Å². The van der Waals surface area contributed by atoms with Crippen molar-refractivity contribution in [3.05, 3.63) is 54.0 Å². The Bertz CT molecular complexity index is 1960. The minimum absolute atomic E-state index is 0.0702. The van der Waals surface area contributed by atoms with Crippen molar-refractivity contribution in [2.24, 2.45) is 0 Å². The Morgan fingerprint density at radius 1 is 1.02 bits per heavy atom. The molecule has 2 aromatic carbocycles. The highest BCUT2D eigenvalue weighted by molar-refractivity contribution is 5.99. The second kappa shape index (κ2) is 11.7. The van der Waals surface area contributed by atoms with Crippen LogP contribution in [0, 0.1) is 17.5 Å². The van der Waals surface area contributed by atoms with E-state index in [0.717, 1.165) is 38.3 Å². The lowest BCUT2D eigenvalue weighted by Crippen LogP contribution is -2.57. The molecule has 258 valence electrons. The van der Waals surface area contributed by atoms with Crippen LogP contribution in [-0.4, -0.2) is 93.0 Å². The van der Waals surface area contributed by atoms with Crippen molar-refractivity contribution >= 4 is 33.6 Å². The van der Waals surface area contributed by atoms with Crippen LogP contribution in [0.3, 0.4) is 0 Å². The smallest absolute Gasteiger partial charge is 0.410 e. The van der Waals surface area contributed by atoms with Crippen LogP contribution in [0.1, 0.15) is 52.9 Å². The lowest BCUT2D eigenvalue weighted by Gasteiger charge is -2.42. The van der Waals surface area contributed by atoms with Crippen molar-refractivity contribution in [3.8, 4) is 17.3 Å². The minimum atomic E-state index is -1.09. The molecule has 4 aliphatic rings. The number of pyridine rings is 1. The number of nitrogens with zero attached hydrogens (tertiary/aromatic N) is 6. The average molecular weight is 679 g/mol. The summed E-state index contributed by atoms with van der Waals surface area (Å²) in [5.74, 6) is -2.58. The van der Waals surface area contributed by atoms with E-state index in [1.807, 2.05) is 25.7 Å². The quantitative estimate of drug-likeness (QED) is 0.213. The largest absolute Gasteiger partial charge is 0.461 e. The summed E-state index contributed by atoms with van der Waals surface area (Å²) < 4.78 is 72.8. The topological polar surface area (TPSA) is 83.9 Å². The number of anilines is 1. The molecule has 0 unspecified atom stereocenters. The normalized spacial score (nSPS) is 25.4. The van der Waals surface area contributed by atoms with Gasteiger partial charge in [0, 0.05) is 43.2 Å². The zero-order valence-corrected chi connectivity index (χ0v) is 27.7. The molecule has 2 bridgehead atoms. The molecule has 0 saturated carbocycles. The Labute approximate surface area is 281 Å². The standard InChI is InChI=1S/C36H38F4N6O3/c1-35(2,3)49-34(47)46-22-9-10-23(46)18-44(17-22)32-25-15-41-30(24-7-4-6-20-8-11-26(38)28(39)27(20)24)29(40)31(25)42-33(43-32)48-19-36-12-5-13-45(36)16-21(37)14-36/h4,6-8,11,15,21-23H,5,9-10,12-14,16-19H2,1-3H3/t21-,22-,23+,36+/m1/s1. The number of benzene rings is 2. The van der Waals surface area contributed by atoms with Crippen LogP contribution >= 0.6 is 0 Å². The van der Waals surface area contributed by atoms with Crippen LogP contribution in [0.5, 0.6) is 6.01 Å². The zero-order chi connectivity index (χ0) is 34.2. The second-order valence-electron chi connectivity index (χ2n) is 14.8. The Morgan fingerprint density at radius 3 is 2.55 bits per heavy atom. The molecule has 1 amide bonds. The molecule has 0 aliphatic carbocycles. The van der Waals surface area contributed by atoms with Gasteiger partial charge in [-0.2, -0.15) is 9.97 Å². The Morgan fingerprint density at radius 2 is 1.80 bits per heavy atom. The van der Waals surface area contributed by atoms with Gasteiger partial charge in [0.2, 0.25) is 0 Å². The molecule has 6 heterocycles. The predicted octanol–water partition coefficient (Wildman–Crippen LogP) is 6.81. The van der Waals surface area contributed by atoms with Crippen LogP contribution in [0.4, 0.5) is 28.2 Å². The second-order valence-corrected chi connectivity index (χ2v) is 14.8. The fourth-order valence-electron chi connectivity index (χ4n) is 8.36. The molecule has 0 spiro atoms. The fraction of sp³-hybridized carbons (Fsp3) is 0.500. The minimum Gasteiger partial charge on any atom is -0.461 e. The fourth-order valence-corrected chi connectivity index (χ4v) is 8.36. The first kappa shape index (κ1) is 32.0. The molecule has 0 N–H and O–H groups in total. The average Bonchev–Trinajstić information content (AvgIpc) is 3.67. The third kappa shape index (κ3) is 5.50. The molecule has 8 rings (SSSR count). The molecule has 4 aliphatic heterocycles. The first-order valence-corrected chi connectivity index (χ1v) is 16.9. The van der Waals surface area contributed by atoms with Gasteiger partial charge < -0.3 is 14.4 Å². The maximum Gasteiger partial charge on any atom is 0.410 e. The number of amides is 1. The molecule has 49 heavy (non-hydrogen) atoms. The lowest BCUT2D eigenvalue weighted by molar-refractivity contribution is 0.0122. The van der Waals surface area contributed by atoms with Gasteiger partial charge in [-0.3, -0.25) is 14.8 Å². The van der Waals surface area contributed by atoms with E-state index in [2.05, 4.69) is 14.9 Å². The monoisotopic (exact) mass is 678 g/mol. The molecule has 4 atom stereocenters. The molecule has 13 heteroatoms. The van der Waals surface area contributed by atoms with Gasteiger partial charge in [0.05, 0.1) is 23.0 Å². The number of piperazine rings is 1. The van der Waals surface area contributed by atoms with Crippen molar-refractivity contribution in [1.29, 1.82) is 0 Å². The van der Waals surface area contributed by atoms with Crippen molar-refractivity contribution in [3.63, 3.8) is 0 Å². The third-order valence-corrected chi connectivity index (χ3v) is 10.5. The van der Waals surface area contributed by atoms with E-state index in [0.29, 0.717) is 42.6 Å². The van der Waals surface area contributed by atoms with Gasteiger partial charge in [-0.05, 0) is 64.5 Å². The number of hydrogen-bond donors (Lipinski definition) is 0.